The predicted octanol–water partition coefficient (Wildman–Crippen LogP) is 3.61. The van der Waals surface area contributed by atoms with Crippen LogP contribution in [0.25, 0.3) is 0 Å². The van der Waals surface area contributed by atoms with Crippen molar-refractivity contribution in [2.24, 2.45) is 5.92 Å². The van der Waals surface area contributed by atoms with Crippen LogP contribution in [0.3, 0.4) is 0 Å². The van der Waals surface area contributed by atoms with Gasteiger partial charge in [0.15, 0.2) is 0 Å². The fraction of sp³-hybridized carbons (Fsp3) is 0.529. The van der Waals surface area contributed by atoms with E-state index in [1.165, 1.54) is 5.56 Å². The van der Waals surface area contributed by atoms with Crippen LogP contribution in [-0.4, -0.2) is 16.7 Å². The molecule has 0 bridgehead atoms. The number of pyridine rings is 1. The zero-order valence-electron chi connectivity index (χ0n) is 13.4. The Kier molecular flexibility index (Phi) is 5.51. The Morgan fingerprint density at radius 2 is 2.05 bits per heavy atom. The second-order valence-corrected chi connectivity index (χ2v) is 5.94. The van der Waals surface area contributed by atoms with Gasteiger partial charge in [-0.3, -0.25) is 4.98 Å². The van der Waals surface area contributed by atoms with Gasteiger partial charge in [0.1, 0.15) is 5.76 Å². The van der Waals surface area contributed by atoms with Gasteiger partial charge in [0, 0.05) is 17.8 Å². The van der Waals surface area contributed by atoms with E-state index in [9.17, 15) is 0 Å². The van der Waals surface area contributed by atoms with Crippen LogP contribution < -0.4 is 5.32 Å². The van der Waals surface area contributed by atoms with Gasteiger partial charge in [-0.15, -0.1) is 0 Å². The van der Waals surface area contributed by atoms with Crippen LogP contribution >= 0.6 is 0 Å². The van der Waals surface area contributed by atoms with Crippen LogP contribution in [0.15, 0.2) is 28.9 Å². The summed E-state index contributed by atoms with van der Waals surface area (Å²) in [5.41, 5.74) is 3.32. The molecule has 4 heteroatoms. The average Bonchev–Trinajstić information content (AvgIpc) is 2.78. The minimum absolute atomic E-state index is 0.298. The molecule has 2 aromatic heterocycles. The maximum absolute atomic E-state index is 5.21. The second-order valence-electron chi connectivity index (χ2n) is 5.94. The highest BCUT2D eigenvalue weighted by atomic mass is 16.5. The number of hydrogen-bond donors (Lipinski definition) is 1. The summed E-state index contributed by atoms with van der Waals surface area (Å²) < 4.78 is 5.21. The third kappa shape index (κ3) is 4.39. The summed E-state index contributed by atoms with van der Waals surface area (Å²) in [4.78, 5) is 4.49. The van der Waals surface area contributed by atoms with Gasteiger partial charge in [-0.2, -0.15) is 0 Å². The van der Waals surface area contributed by atoms with Gasteiger partial charge in [-0.05, 0) is 51.3 Å². The Labute approximate surface area is 127 Å². The number of aryl methyl sites for hydroxylation is 2. The van der Waals surface area contributed by atoms with Crippen LogP contribution in [0.4, 0.5) is 0 Å². The Morgan fingerprint density at radius 3 is 2.62 bits per heavy atom. The van der Waals surface area contributed by atoms with Crippen molar-refractivity contribution in [1.29, 1.82) is 0 Å². The van der Waals surface area contributed by atoms with Gasteiger partial charge in [-0.1, -0.05) is 25.1 Å². The molecule has 0 saturated heterocycles. The monoisotopic (exact) mass is 287 g/mol. The lowest BCUT2D eigenvalue weighted by Gasteiger charge is -2.20. The smallest absolute Gasteiger partial charge is 0.137 e. The van der Waals surface area contributed by atoms with Gasteiger partial charge < -0.3 is 9.84 Å². The summed E-state index contributed by atoms with van der Waals surface area (Å²) >= 11 is 0. The molecule has 0 saturated carbocycles. The highest BCUT2D eigenvalue weighted by Crippen LogP contribution is 2.19. The van der Waals surface area contributed by atoms with Crippen LogP contribution in [0, 0.1) is 19.8 Å². The SMILES string of the molecule is Cc1noc(C)c1CCN[C@H](CC(C)C)c1ccccn1. The zero-order valence-corrected chi connectivity index (χ0v) is 13.4. The highest BCUT2D eigenvalue weighted by Gasteiger charge is 2.15. The molecule has 2 rings (SSSR count). The van der Waals surface area contributed by atoms with Gasteiger partial charge in [-0.25, -0.2) is 0 Å². The lowest BCUT2D eigenvalue weighted by Crippen LogP contribution is -2.26. The quantitative estimate of drug-likeness (QED) is 0.845. The van der Waals surface area contributed by atoms with Gasteiger partial charge in [0.05, 0.1) is 11.4 Å². The summed E-state index contributed by atoms with van der Waals surface area (Å²) in [5, 5.41) is 7.63. The van der Waals surface area contributed by atoms with Gasteiger partial charge in [0.25, 0.3) is 0 Å². The molecule has 0 radical (unpaired) electrons. The first-order valence-electron chi connectivity index (χ1n) is 7.64. The van der Waals surface area contributed by atoms with E-state index in [-0.39, 0.29) is 0 Å². The maximum Gasteiger partial charge on any atom is 0.137 e. The second kappa shape index (κ2) is 7.36. The van der Waals surface area contributed by atoms with Crippen LogP contribution in [0.2, 0.25) is 0 Å². The van der Waals surface area contributed by atoms with E-state index >= 15 is 0 Å². The van der Waals surface area contributed by atoms with Crippen LogP contribution in [0.5, 0.6) is 0 Å². The average molecular weight is 287 g/mol. The van der Waals surface area contributed by atoms with E-state index in [0.717, 1.165) is 36.5 Å². The van der Waals surface area contributed by atoms with E-state index in [1.54, 1.807) is 0 Å². The molecule has 0 aliphatic heterocycles. The molecule has 0 unspecified atom stereocenters. The molecule has 2 aromatic rings. The fourth-order valence-electron chi connectivity index (χ4n) is 2.59. The Bertz CT molecular complexity index is 529. The normalized spacial score (nSPS) is 12.8. The molecule has 21 heavy (non-hydrogen) atoms. The standard InChI is InChI=1S/C17H25N3O/c1-12(2)11-17(16-7-5-6-9-18-16)19-10-8-15-13(3)20-21-14(15)4/h5-7,9,12,17,19H,8,10-11H2,1-4H3/t17-/m1/s1. The largest absolute Gasteiger partial charge is 0.361 e. The third-order valence-electron chi connectivity index (χ3n) is 3.70. The van der Waals surface area contributed by atoms with E-state index < -0.39 is 0 Å². The number of aromatic nitrogens is 2. The molecule has 0 aromatic carbocycles. The van der Waals surface area contributed by atoms with Crippen molar-refractivity contribution in [2.75, 3.05) is 6.54 Å². The van der Waals surface area contributed by atoms with Crippen molar-refractivity contribution in [1.82, 2.24) is 15.5 Å². The van der Waals surface area contributed by atoms with Gasteiger partial charge in [0.2, 0.25) is 0 Å². The first-order chi connectivity index (χ1) is 10.1. The minimum Gasteiger partial charge on any atom is -0.361 e. The maximum atomic E-state index is 5.21. The molecule has 4 nitrogen and oxygen atoms in total. The van der Waals surface area contributed by atoms with E-state index in [4.69, 9.17) is 4.52 Å². The third-order valence-corrected chi connectivity index (χ3v) is 3.70. The van der Waals surface area contributed by atoms with Crippen molar-refractivity contribution in [3.63, 3.8) is 0 Å². The minimum atomic E-state index is 0.298. The molecule has 1 N–H and O–H groups in total. The molecule has 0 aliphatic carbocycles. The predicted molar refractivity (Wildman–Crippen MR) is 84.1 cm³/mol. The molecular weight excluding hydrogens is 262 g/mol. The summed E-state index contributed by atoms with van der Waals surface area (Å²) in [7, 11) is 0. The Morgan fingerprint density at radius 1 is 1.24 bits per heavy atom. The van der Waals surface area contributed by atoms with Crippen molar-refractivity contribution in [3.05, 3.63) is 47.1 Å². The lowest BCUT2D eigenvalue weighted by molar-refractivity contribution is 0.391. The van der Waals surface area contributed by atoms with Crippen molar-refractivity contribution in [3.8, 4) is 0 Å². The van der Waals surface area contributed by atoms with E-state index in [1.807, 2.05) is 32.2 Å². The first-order valence-corrected chi connectivity index (χ1v) is 7.64. The molecular formula is C17H25N3O. The summed E-state index contributed by atoms with van der Waals surface area (Å²) in [6.45, 7) is 9.35. The zero-order chi connectivity index (χ0) is 15.2. The van der Waals surface area contributed by atoms with Crippen molar-refractivity contribution in [2.45, 2.75) is 46.6 Å². The van der Waals surface area contributed by atoms with Crippen LogP contribution in [-0.2, 0) is 6.42 Å². The molecule has 1 atom stereocenters. The molecule has 0 spiro atoms. The lowest BCUT2D eigenvalue weighted by atomic mass is 10.00. The summed E-state index contributed by atoms with van der Waals surface area (Å²) in [5.74, 6) is 1.55. The number of nitrogens with one attached hydrogen (secondary N) is 1. The summed E-state index contributed by atoms with van der Waals surface area (Å²) in [6.07, 6.45) is 3.87. The Balaban J connectivity index is 1.97. The number of nitrogens with zero attached hydrogens (tertiary/aromatic N) is 2. The number of hydrogen-bond acceptors (Lipinski definition) is 4. The molecule has 0 aliphatic rings. The topological polar surface area (TPSA) is 51.0 Å². The van der Waals surface area contributed by atoms with E-state index in [0.29, 0.717) is 12.0 Å². The van der Waals surface area contributed by atoms with Crippen molar-refractivity contribution >= 4 is 0 Å². The molecule has 0 fully saturated rings. The Hall–Kier alpha value is -1.68. The fourth-order valence-corrected chi connectivity index (χ4v) is 2.59. The molecule has 0 amide bonds. The summed E-state index contributed by atoms with van der Waals surface area (Å²) in [6, 6.07) is 6.40. The van der Waals surface area contributed by atoms with Crippen LogP contribution in [0.1, 0.15) is 49.0 Å². The van der Waals surface area contributed by atoms with Gasteiger partial charge >= 0.3 is 0 Å². The molecule has 2 heterocycles. The van der Waals surface area contributed by atoms with Crippen molar-refractivity contribution < 1.29 is 4.52 Å². The highest BCUT2D eigenvalue weighted by molar-refractivity contribution is 5.21. The first kappa shape index (κ1) is 15.7. The van der Waals surface area contributed by atoms with E-state index in [2.05, 4.69) is 35.4 Å². The molecule has 114 valence electrons. The number of rotatable bonds is 7.